The van der Waals surface area contributed by atoms with E-state index in [1.54, 1.807) is 18.0 Å². The fourth-order valence-electron chi connectivity index (χ4n) is 3.59. The first kappa shape index (κ1) is 21.9. The smallest absolute Gasteiger partial charge is 0.253 e. The molecule has 3 aromatic rings. The van der Waals surface area contributed by atoms with Gasteiger partial charge in [-0.05, 0) is 42.0 Å². The molecule has 0 unspecified atom stereocenters. The van der Waals surface area contributed by atoms with E-state index in [-0.39, 0.29) is 11.8 Å². The highest BCUT2D eigenvalue weighted by atomic mass is 32.2. The SMILES string of the molecule is O=C(CSCc1ccc(C(=O)N2CCN(c3ccccn3)CC2)cc1)Nc1ccccc1. The lowest BCUT2D eigenvalue weighted by atomic mass is 10.1. The average molecular weight is 447 g/mol. The summed E-state index contributed by atoms with van der Waals surface area (Å²) in [7, 11) is 0. The van der Waals surface area contributed by atoms with Gasteiger partial charge in [0.15, 0.2) is 0 Å². The van der Waals surface area contributed by atoms with Crippen molar-refractivity contribution in [1.82, 2.24) is 9.88 Å². The number of amides is 2. The third kappa shape index (κ3) is 5.88. The van der Waals surface area contributed by atoms with Gasteiger partial charge in [-0.25, -0.2) is 4.98 Å². The number of carbonyl (C=O) groups is 2. The molecule has 2 amide bonds. The Labute approximate surface area is 192 Å². The van der Waals surface area contributed by atoms with E-state index in [0.29, 0.717) is 24.4 Å². The predicted octanol–water partition coefficient (Wildman–Crippen LogP) is 3.92. The number of para-hydroxylation sites is 1. The molecule has 32 heavy (non-hydrogen) atoms. The Morgan fingerprint density at radius 1 is 0.875 bits per heavy atom. The Balaban J connectivity index is 1.22. The Kier molecular flexibility index (Phi) is 7.40. The summed E-state index contributed by atoms with van der Waals surface area (Å²) in [6, 6.07) is 23.0. The number of nitrogens with one attached hydrogen (secondary N) is 1. The van der Waals surface area contributed by atoms with E-state index in [9.17, 15) is 9.59 Å². The molecule has 0 aliphatic carbocycles. The Hall–Kier alpha value is -3.32. The van der Waals surface area contributed by atoms with Crippen LogP contribution < -0.4 is 10.2 Å². The largest absolute Gasteiger partial charge is 0.353 e. The van der Waals surface area contributed by atoms with Crippen molar-refractivity contribution in [2.45, 2.75) is 5.75 Å². The lowest BCUT2D eigenvalue weighted by molar-refractivity contribution is -0.113. The summed E-state index contributed by atoms with van der Waals surface area (Å²) in [6.07, 6.45) is 1.79. The number of pyridine rings is 1. The van der Waals surface area contributed by atoms with Crippen LogP contribution in [0.5, 0.6) is 0 Å². The van der Waals surface area contributed by atoms with Gasteiger partial charge in [-0.3, -0.25) is 9.59 Å². The van der Waals surface area contributed by atoms with Gasteiger partial charge in [0.1, 0.15) is 5.82 Å². The minimum Gasteiger partial charge on any atom is -0.353 e. The number of hydrogen-bond donors (Lipinski definition) is 1. The topological polar surface area (TPSA) is 65.5 Å². The van der Waals surface area contributed by atoms with Crippen LogP contribution in [0.4, 0.5) is 11.5 Å². The van der Waals surface area contributed by atoms with Gasteiger partial charge in [-0.15, -0.1) is 11.8 Å². The summed E-state index contributed by atoms with van der Waals surface area (Å²) in [5, 5.41) is 2.88. The Morgan fingerprint density at radius 3 is 2.28 bits per heavy atom. The molecule has 0 spiro atoms. The van der Waals surface area contributed by atoms with Crippen LogP contribution in [0.3, 0.4) is 0 Å². The molecule has 0 saturated carbocycles. The molecule has 4 rings (SSSR count). The van der Waals surface area contributed by atoms with Crippen LogP contribution in [0, 0.1) is 0 Å². The maximum absolute atomic E-state index is 12.9. The molecule has 1 saturated heterocycles. The van der Waals surface area contributed by atoms with Crippen molar-refractivity contribution in [3.63, 3.8) is 0 Å². The number of carbonyl (C=O) groups excluding carboxylic acids is 2. The van der Waals surface area contributed by atoms with Crippen molar-refractivity contribution >= 4 is 35.1 Å². The third-order valence-corrected chi connectivity index (χ3v) is 6.30. The number of benzene rings is 2. The van der Waals surface area contributed by atoms with Gasteiger partial charge in [0.2, 0.25) is 5.91 Å². The number of piperazine rings is 1. The first-order valence-electron chi connectivity index (χ1n) is 10.7. The molecule has 1 aliphatic heterocycles. The number of aromatic nitrogens is 1. The molecule has 0 radical (unpaired) electrons. The van der Waals surface area contributed by atoms with E-state index < -0.39 is 0 Å². The monoisotopic (exact) mass is 446 g/mol. The molecule has 2 heterocycles. The highest BCUT2D eigenvalue weighted by Crippen LogP contribution is 2.17. The standard InChI is InChI=1S/C25H26N4O2S/c30-24(27-22-6-2-1-3-7-22)19-32-18-20-9-11-21(12-10-20)25(31)29-16-14-28(15-17-29)23-8-4-5-13-26-23/h1-13H,14-19H2,(H,27,30). The molecule has 1 fully saturated rings. The molecule has 164 valence electrons. The maximum Gasteiger partial charge on any atom is 0.253 e. The summed E-state index contributed by atoms with van der Waals surface area (Å²) in [5.74, 6) is 2.11. The molecular weight excluding hydrogens is 420 g/mol. The van der Waals surface area contributed by atoms with Crippen LogP contribution in [0.15, 0.2) is 79.0 Å². The molecule has 1 aliphatic rings. The van der Waals surface area contributed by atoms with Crippen molar-refractivity contribution in [3.8, 4) is 0 Å². The zero-order valence-corrected chi connectivity index (χ0v) is 18.6. The van der Waals surface area contributed by atoms with Crippen LogP contribution >= 0.6 is 11.8 Å². The average Bonchev–Trinajstić information content (AvgIpc) is 2.85. The summed E-state index contributed by atoms with van der Waals surface area (Å²) >= 11 is 1.56. The van der Waals surface area contributed by atoms with Gasteiger partial charge in [0.25, 0.3) is 5.91 Å². The van der Waals surface area contributed by atoms with Crippen LogP contribution in [0.2, 0.25) is 0 Å². The number of thioether (sulfide) groups is 1. The Bertz CT molecular complexity index is 1020. The summed E-state index contributed by atoms with van der Waals surface area (Å²) in [4.78, 5) is 33.4. The summed E-state index contributed by atoms with van der Waals surface area (Å²) in [5.41, 5.74) is 2.60. The van der Waals surface area contributed by atoms with E-state index in [2.05, 4.69) is 15.2 Å². The van der Waals surface area contributed by atoms with Gasteiger partial charge in [-0.2, -0.15) is 0 Å². The van der Waals surface area contributed by atoms with Crippen molar-refractivity contribution in [2.24, 2.45) is 0 Å². The van der Waals surface area contributed by atoms with E-state index >= 15 is 0 Å². The zero-order chi connectivity index (χ0) is 22.2. The van der Waals surface area contributed by atoms with Gasteiger partial charge in [0, 0.05) is 49.4 Å². The molecule has 7 heteroatoms. The van der Waals surface area contributed by atoms with E-state index in [1.165, 1.54) is 0 Å². The molecule has 1 N–H and O–H groups in total. The van der Waals surface area contributed by atoms with E-state index in [1.807, 2.05) is 77.7 Å². The second-order valence-corrected chi connectivity index (χ2v) is 8.56. The first-order chi connectivity index (χ1) is 15.7. The molecule has 0 bridgehead atoms. The van der Waals surface area contributed by atoms with Gasteiger partial charge < -0.3 is 15.1 Å². The van der Waals surface area contributed by atoms with Crippen LogP contribution in [-0.4, -0.2) is 53.6 Å². The van der Waals surface area contributed by atoms with E-state index in [4.69, 9.17) is 0 Å². The molecule has 6 nitrogen and oxygen atoms in total. The van der Waals surface area contributed by atoms with Crippen molar-refractivity contribution < 1.29 is 9.59 Å². The summed E-state index contributed by atoms with van der Waals surface area (Å²) < 4.78 is 0. The summed E-state index contributed by atoms with van der Waals surface area (Å²) in [6.45, 7) is 2.93. The predicted molar refractivity (Wildman–Crippen MR) is 130 cm³/mol. The molecule has 2 aromatic carbocycles. The lowest BCUT2D eigenvalue weighted by Gasteiger charge is -2.35. The lowest BCUT2D eigenvalue weighted by Crippen LogP contribution is -2.49. The molecule has 1 aromatic heterocycles. The highest BCUT2D eigenvalue weighted by molar-refractivity contribution is 7.99. The number of anilines is 2. The highest BCUT2D eigenvalue weighted by Gasteiger charge is 2.22. The maximum atomic E-state index is 12.9. The van der Waals surface area contributed by atoms with Crippen molar-refractivity contribution in [1.29, 1.82) is 0 Å². The molecule has 0 atom stereocenters. The van der Waals surface area contributed by atoms with Crippen molar-refractivity contribution in [3.05, 3.63) is 90.1 Å². The van der Waals surface area contributed by atoms with Gasteiger partial charge in [0.05, 0.1) is 5.75 Å². The van der Waals surface area contributed by atoms with E-state index in [0.717, 1.165) is 35.9 Å². The minimum absolute atomic E-state index is 0.0159. The normalized spacial score (nSPS) is 13.6. The van der Waals surface area contributed by atoms with Gasteiger partial charge in [-0.1, -0.05) is 36.4 Å². The number of rotatable bonds is 7. The third-order valence-electron chi connectivity index (χ3n) is 5.30. The zero-order valence-electron chi connectivity index (χ0n) is 17.8. The van der Waals surface area contributed by atoms with Crippen molar-refractivity contribution in [2.75, 3.05) is 42.1 Å². The molecular formula is C25H26N4O2S. The Morgan fingerprint density at radius 2 is 1.59 bits per heavy atom. The fourth-order valence-corrected chi connectivity index (χ4v) is 4.37. The number of hydrogen-bond acceptors (Lipinski definition) is 5. The minimum atomic E-state index is -0.0159. The van der Waals surface area contributed by atoms with Crippen LogP contribution in [0.1, 0.15) is 15.9 Å². The first-order valence-corrected chi connectivity index (χ1v) is 11.8. The fraction of sp³-hybridized carbons (Fsp3) is 0.240. The quantitative estimate of drug-likeness (QED) is 0.596. The van der Waals surface area contributed by atoms with Crippen LogP contribution in [-0.2, 0) is 10.5 Å². The van der Waals surface area contributed by atoms with Crippen LogP contribution in [0.25, 0.3) is 0 Å². The van der Waals surface area contributed by atoms with Gasteiger partial charge >= 0.3 is 0 Å². The second kappa shape index (κ2) is 10.8. The second-order valence-electron chi connectivity index (χ2n) is 7.57. The number of nitrogens with zero attached hydrogens (tertiary/aromatic N) is 3.